The lowest BCUT2D eigenvalue weighted by molar-refractivity contribution is 0.102. The van der Waals surface area contributed by atoms with Crippen LogP contribution in [0.5, 0.6) is 0 Å². The highest BCUT2D eigenvalue weighted by atomic mass is 32.1. The van der Waals surface area contributed by atoms with Crippen LogP contribution in [-0.2, 0) is 0 Å². The first-order chi connectivity index (χ1) is 11.4. The summed E-state index contributed by atoms with van der Waals surface area (Å²) in [6, 6.07) is 8.86. The highest BCUT2D eigenvalue weighted by Gasteiger charge is 2.14. The van der Waals surface area contributed by atoms with Gasteiger partial charge in [-0.3, -0.25) is 10.1 Å². The van der Waals surface area contributed by atoms with Gasteiger partial charge in [0.25, 0.3) is 5.91 Å². The molecule has 0 fully saturated rings. The fourth-order valence-corrected chi connectivity index (χ4v) is 3.09. The van der Waals surface area contributed by atoms with Gasteiger partial charge >= 0.3 is 0 Å². The number of aryl methyl sites for hydroxylation is 2. The minimum Gasteiger partial charge on any atom is -0.298 e. The lowest BCUT2D eigenvalue weighted by Crippen LogP contribution is -2.13. The quantitative estimate of drug-likeness (QED) is 0.730. The van der Waals surface area contributed by atoms with Crippen molar-refractivity contribution in [2.45, 2.75) is 13.8 Å². The molecule has 24 heavy (non-hydrogen) atoms. The van der Waals surface area contributed by atoms with Gasteiger partial charge in [0.05, 0.1) is 5.69 Å². The second-order valence-corrected chi connectivity index (χ2v) is 6.29. The van der Waals surface area contributed by atoms with Gasteiger partial charge in [-0.15, -0.1) is 11.3 Å². The molecular weight excluding hydrogens is 330 g/mol. The molecule has 3 aromatic rings. The summed E-state index contributed by atoms with van der Waals surface area (Å²) in [5, 5.41) is 4.69. The molecule has 3 rings (SSSR count). The molecule has 1 N–H and O–H groups in total. The number of rotatable bonds is 3. The Labute approximate surface area is 142 Å². The fourth-order valence-electron chi connectivity index (χ4n) is 2.38. The van der Waals surface area contributed by atoms with Crippen LogP contribution >= 0.6 is 11.3 Å². The third kappa shape index (κ3) is 3.33. The predicted octanol–water partition coefficient (Wildman–Crippen LogP) is 4.96. The van der Waals surface area contributed by atoms with Crippen molar-refractivity contribution < 1.29 is 13.6 Å². The lowest BCUT2D eigenvalue weighted by Gasteiger charge is -2.06. The molecule has 0 aliphatic rings. The molecule has 0 aliphatic carbocycles. The number of nitrogens with zero attached hydrogens (tertiary/aromatic N) is 1. The van der Waals surface area contributed by atoms with Crippen LogP contribution in [0.4, 0.5) is 13.9 Å². The molecule has 1 aromatic heterocycles. The van der Waals surface area contributed by atoms with Gasteiger partial charge in [0.1, 0.15) is 11.6 Å². The van der Waals surface area contributed by atoms with E-state index in [1.807, 2.05) is 26.0 Å². The van der Waals surface area contributed by atoms with Gasteiger partial charge in [-0.05, 0) is 37.6 Å². The first-order valence-corrected chi connectivity index (χ1v) is 8.11. The minimum absolute atomic E-state index is 0.194. The Morgan fingerprint density at radius 3 is 2.62 bits per heavy atom. The van der Waals surface area contributed by atoms with Crippen LogP contribution in [-0.4, -0.2) is 10.9 Å². The Hall–Kier alpha value is -2.60. The van der Waals surface area contributed by atoms with Crippen LogP contribution in [0, 0.1) is 25.5 Å². The van der Waals surface area contributed by atoms with E-state index in [2.05, 4.69) is 10.3 Å². The molecule has 0 saturated carbocycles. The van der Waals surface area contributed by atoms with E-state index < -0.39 is 11.6 Å². The summed E-state index contributed by atoms with van der Waals surface area (Å²) in [6.07, 6.45) is 0. The third-order valence-electron chi connectivity index (χ3n) is 3.56. The van der Waals surface area contributed by atoms with Crippen molar-refractivity contribution in [1.82, 2.24) is 4.98 Å². The van der Waals surface area contributed by atoms with Crippen molar-refractivity contribution in [1.29, 1.82) is 0 Å². The zero-order chi connectivity index (χ0) is 17.3. The Kier molecular flexibility index (Phi) is 4.40. The minimum atomic E-state index is -0.687. The molecule has 0 atom stereocenters. The molecule has 122 valence electrons. The van der Waals surface area contributed by atoms with Gasteiger partial charge in [0.15, 0.2) is 5.13 Å². The summed E-state index contributed by atoms with van der Waals surface area (Å²) in [5.41, 5.74) is 3.06. The standard InChI is InChI=1S/C18H14F2N2OS/c1-10-3-5-13(11(2)7-10)17(23)22-18-21-16(9-24-18)14-6-4-12(19)8-15(14)20/h3-9H,1-2H3,(H,21,22,23). The molecule has 2 aromatic carbocycles. The average molecular weight is 344 g/mol. The molecule has 0 aliphatic heterocycles. The molecule has 0 bridgehead atoms. The summed E-state index contributed by atoms with van der Waals surface area (Å²) >= 11 is 1.19. The van der Waals surface area contributed by atoms with Crippen molar-refractivity contribution in [2.24, 2.45) is 0 Å². The number of carbonyl (C=O) groups is 1. The van der Waals surface area contributed by atoms with Gasteiger partial charge in [-0.2, -0.15) is 0 Å². The number of thiazole rings is 1. The zero-order valence-electron chi connectivity index (χ0n) is 13.1. The number of aromatic nitrogens is 1. The van der Waals surface area contributed by atoms with Crippen molar-refractivity contribution >= 4 is 22.4 Å². The molecule has 0 spiro atoms. The van der Waals surface area contributed by atoms with E-state index in [-0.39, 0.29) is 11.5 Å². The van der Waals surface area contributed by atoms with Gasteiger partial charge in [-0.1, -0.05) is 17.7 Å². The van der Waals surface area contributed by atoms with Crippen LogP contribution in [0.15, 0.2) is 41.8 Å². The van der Waals surface area contributed by atoms with Crippen molar-refractivity contribution in [2.75, 3.05) is 5.32 Å². The molecule has 1 amide bonds. The number of anilines is 1. The smallest absolute Gasteiger partial charge is 0.257 e. The maximum absolute atomic E-state index is 13.8. The monoisotopic (exact) mass is 344 g/mol. The Morgan fingerprint density at radius 2 is 1.92 bits per heavy atom. The third-order valence-corrected chi connectivity index (χ3v) is 4.32. The highest BCUT2D eigenvalue weighted by molar-refractivity contribution is 7.14. The van der Waals surface area contributed by atoms with E-state index in [1.165, 1.54) is 23.5 Å². The first kappa shape index (κ1) is 16.3. The molecule has 0 saturated heterocycles. The van der Waals surface area contributed by atoms with Crippen LogP contribution in [0.3, 0.4) is 0 Å². The molecular formula is C18H14F2N2OS. The number of halogens is 2. The van der Waals surface area contributed by atoms with E-state index in [0.29, 0.717) is 16.4 Å². The Balaban J connectivity index is 1.82. The number of amides is 1. The number of nitrogens with one attached hydrogen (secondary N) is 1. The van der Waals surface area contributed by atoms with Crippen molar-refractivity contribution in [3.05, 3.63) is 70.1 Å². The number of hydrogen-bond donors (Lipinski definition) is 1. The topological polar surface area (TPSA) is 42.0 Å². The van der Waals surface area contributed by atoms with Gasteiger partial charge in [0.2, 0.25) is 0 Å². The van der Waals surface area contributed by atoms with Crippen LogP contribution < -0.4 is 5.32 Å². The number of hydrogen-bond acceptors (Lipinski definition) is 3. The summed E-state index contributed by atoms with van der Waals surface area (Å²) in [7, 11) is 0. The molecule has 0 radical (unpaired) electrons. The maximum Gasteiger partial charge on any atom is 0.257 e. The summed E-state index contributed by atoms with van der Waals surface area (Å²) in [5.74, 6) is -1.60. The van der Waals surface area contributed by atoms with Gasteiger partial charge < -0.3 is 0 Å². The van der Waals surface area contributed by atoms with E-state index in [1.54, 1.807) is 11.4 Å². The summed E-state index contributed by atoms with van der Waals surface area (Å²) in [6.45, 7) is 3.82. The lowest BCUT2D eigenvalue weighted by atomic mass is 10.1. The van der Waals surface area contributed by atoms with Crippen LogP contribution in [0.25, 0.3) is 11.3 Å². The summed E-state index contributed by atoms with van der Waals surface area (Å²) in [4.78, 5) is 16.5. The Bertz CT molecular complexity index is 921. The van der Waals surface area contributed by atoms with E-state index in [0.717, 1.165) is 17.2 Å². The van der Waals surface area contributed by atoms with Crippen molar-refractivity contribution in [3.8, 4) is 11.3 Å². The number of benzene rings is 2. The zero-order valence-corrected chi connectivity index (χ0v) is 13.9. The average Bonchev–Trinajstić information content (AvgIpc) is 2.95. The first-order valence-electron chi connectivity index (χ1n) is 7.23. The predicted molar refractivity (Wildman–Crippen MR) is 91.3 cm³/mol. The summed E-state index contributed by atoms with van der Waals surface area (Å²) < 4.78 is 26.8. The Morgan fingerprint density at radius 1 is 1.12 bits per heavy atom. The van der Waals surface area contributed by atoms with Crippen molar-refractivity contribution in [3.63, 3.8) is 0 Å². The largest absolute Gasteiger partial charge is 0.298 e. The molecule has 6 heteroatoms. The van der Waals surface area contributed by atoms with E-state index in [9.17, 15) is 13.6 Å². The second-order valence-electron chi connectivity index (χ2n) is 5.43. The number of carbonyl (C=O) groups excluding carboxylic acids is 1. The van der Waals surface area contributed by atoms with Gasteiger partial charge in [0, 0.05) is 22.6 Å². The van der Waals surface area contributed by atoms with E-state index in [4.69, 9.17) is 0 Å². The van der Waals surface area contributed by atoms with Crippen LogP contribution in [0.2, 0.25) is 0 Å². The van der Waals surface area contributed by atoms with Gasteiger partial charge in [-0.25, -0.2) is 13.8 Å². The SMILES string of the molecule is Cc1ccc(C(=O)Nc2nc(-c3ccc(F)cc3F)cs2)c(C)c1. The van der Waals surface area contributed by atoms with Crippen LogP contribution in [0.1, 0.15) is 21.5 Å². The fraction of sp³-hybridized carbons (Fsp3) is 0.111. The molecule has 0 unspecified atom stereocenters. The second kappa shape index (κ2) is 6.49. The molecule has 1 heterocycles. The molecule has 3 nitrogen and oxygen atoms in total. The maximum atomic E-state index is 13.8. The normalized spacial score (nSPS) is 10.7. The highest BCUT2D eigenvalue weighted by Crippen LogP contribution is 2.27. The van der Waals surface area contributed by atoms with E-state index >= 15 is 0 Å².